The Morgan fingerprint density at radius 2 is 2.00 bits per heavy atom. The molecule has 1 aliphatic rings. The molecule has 2 aromatic heterocycles. The van der Waals surface area contributed by atoms with Crippen LogP contribution in [0.5, 0.6) is 5.75 Å². The van der Waals surface area contributed by atoms with Crippen molar-refractivity contribution in [2.24, 2.45) is 0 Å². The largest absolute Gasteiger partial charge is 0.545 e. The Labute approximate surface area is 166 Å². The summed E-state index contributed by atoms with van der Waals surface area (Å²) >= 11 is 0. The van der Waals surface area contributed by atoms with E-state index in [1.54, 1.807) is 24.7 Å². The van der Waals surface area contributed by atoms with Gasteiger partial charge in [0.2, 0.25) is 0 Å². The predicted molar refractivity (Wildman–Crippen MR) is 106 cm³/mol. The third-order valence-electron chi connectivity index (χ3n) is 5.08. The maximum absolute atomic E-state index is 11.4. The summed E-state index contributed by atoms with van der Waals surface area (Å²) in [5, 5.41) is 11.4. The monoisotopic (exact) mass is 382 g/mol. The van der Waals surface area contributed by atoms with Crippen LogP contribution in [-0.4, -0.2) is 20.5 Å². The summed E-state index contributed by atoms with van der Waals surface area (Å²) in [5.41, 5.74) is 5.46. The highest BCUT2D eigenvalue weighted by molar-refractivity contribution is 5.91. The molecule has 29 heavy (non-hydrogen) atoms. The highest BCUT2D eigenvalue weighted by Gasteiger charge is 2.19. The molecule has 0 saturated heterocycles. The summed E-state index contributed by atoms with van der Waals surface area (Å²) in [6.07, 6.45) is 5.54. The van der Waals surface area contributed by atoms with Crippen molar-refractivity contribution in [1.82, 2.24) is 14.5 Å². The Kier molecular flexibility index (Phi) is 4.09. The quantitative estimate of drug-likeness (QED) is 0.544. The van der Waals surface area contributed by atoms with Gasteiger partial charge in [0.15, 0.2) is 5.65 Å². The van der Waals surface area contributed by atoms with Crippen LogP contribution in [0.4, 0.5) is 0 Å². The number of pyridine rings is 1. The van der Waals surface area contributed by atoms with E-state index in [-0.39, 0.29) is 5.56 Å². The van der Waals surface area contributed by atoms with Crippen molar-refractivity contribution in [3.05, 3.63) is 95.5 Å². The minimum absolute atomic E-state index is 0.120. The van der Waals surface area contributed by atoms with E-state index in [2.05, 4.69) is 16.0 Å². The molecule has 0 unspecified atom stereocenters. The fourth-order valence-corrected chi connectivity index (χ4v) is 3.66. The maximum Gasteiger partial charge on any atom is 0.177 e. The summed E-state index contributed by atoms with van der Waals surface area (Å²) in [5.74, 6) is -0.564. The number of allylic oxidation sites excluding steroid dienone is 1. The van der Waals surface area contributed by atoms with Crippen LogP contribution >= 0.6 is 0 Å². The molecule has 0 spiro atoms. The highest BCUT2D eigenvalue weighted by Crippen LogP contribution is 2.37. The Morgan fingerprint density at radius 3 is 2.90 bits per heavy atom. The van der Waals surface area contributed by atoms with Crippen molar-refractivity contribution in [1.29, 1.82) is 0 Å². The molecule has 0 atom stereocenters. The number of imidazole rings is 1. The van der Waals surface area contributed by atoms with E-state index in [1.165, 1.54) is 6.07 Å². The van der Waals surface area contributed by atoms with E-state index in [9.17, 15) is 9.90 Å². The zero-order valence-electron chi connectivity index (χ0n) is 15.4. The van der Waals surface area contributed by atoms with Crippen molar-refractivity contribution in [2.75, 3.05) is 0 Å². The number of fused-ring (bicyclic) bond motifs is 3. The molecule has 4 aromatic rings. The Morgan fingerprint density at radius 1 is 1.10 bits per heavy atom. The van der Waals surface area contributed by atoms with E-state index < -0.39 is 5.97 Å². The number of carboxylic acids is 1. The van der Waals surface area contributed by atoms with Gasteiger partial charge in [-0.3, -0.25) is 0 Å². The third-order valence-corrected chi connectivity index (χ3v) is 5.08. The molecule has 6 nitrogen and oxygen atoms in total. The van der Waals surface area contributed by atoms with Crippen molar-refractivity contribution < 1.29 is 14.6 Å². The number of aromatic carboxylic acids is 1. The molecule has 0 amide bonds. The molecule has 5 rings (SSSR count). The average molecular weight is 382 g/mol. The van der Waals surface area contributed by atoms with Crippen LogP contribution in [0.15, 0.2) is 73.2 Å². The lowest BCUT2D eigenvalue weighted by Gasteiger charge is -2.13. The molecule has 142 valence electrons. The van der Waals surface area contributed by atoms with E-state index in [0.29, 0.717) is 24.5 Å². The van der Waals surface area contributed by atoms with Gasteiger partial charge in [-0.25, -0.2) is 9.97 Å². The van der Waals surface area contributed by atoms with Crippen molar-refractivity contribution in [2.45, 2.75) is 13.2 Å². The number of ether oxygens (including phenoxy) is 1. The minimum atomic E-state index is -1.21. The van der Waals surface area contributed by atoms with Gasteiger partial charge in [0.05, 0.1) is 17.8 Å². The zero-order chi connectivity index (χ0) is 19.8. The van der Waals surface area contributed by atoms with E-state index in [4.69, 9.17) is 4.74 Å². The second kappa shape index (κ2) is 6.91. The number of carboxylic acid groups (broad SMARTS) is 1. The van der Waals surface area contributed by atoms with Gasteiger partial charge in [-0.15, -0.1) is 0 Å². The Balaban J connectivity index is 1.66. The first-order valence-electron chi connectivity index (χ1n) is 9.23. The lowest BCUT2D eigenvalue weighted by Crippen LogP contribution is -2.22. The van der Waals surface area contributed by atoms with Crippen LogP contribution in [-0.2, 0) is 13.2 Å². The van der Waals surface area contributed by atoms with Gasteiger partial charge in [-0.05, 0) is 52.6 Å². The van der Waals surface area contributed by atoms with Crippen LogP contribution in [0.25, 0.3) is 16.7 Å². The van der Waals surface area contributed by atoms with Crippen molar-refractivity contribution in [3.63, 3.8) is 0 Å². The van der Waals surface area contributed by atoms with E-state index in [1.807, 2.05) is 41.0 Å². The van der Waals surface area contributed by atoms with Gasteiger partial charge in [-0.2, -0.15) is 0 Å². The second-order valence-corrected chi connectivity index (χ2v) is 6.81. The molecule has 1 aliphatic heterocycles. The van der Waals surface area contributed by atoms with Crippen LogP contribution in [0.1, 0.15) is 27.0 Å². The number of carbonyl (C=O) groups excluding carboxylic acids is 1. The van der Waals surface area contributed by atoms with Crippen molar-refractivity contribution >= 4 is 22.7 Å². The van der Waals surface area contributed by atoms with Crippen LogP contribution in [0.3, 0.4) is 0 Å². The molecule has 0 saturated carbocycles. The van der Waals surface area contributed by atoms with Gasteiger partial charge in [0, 0.05) is 18.3 Å². The molecule has 2 aromatic carbocycles. The number of rotatable bonds is 3. The smallest absolute Gasteiger partial charge is 0.177 e. The molecule has 0 radical (unpaired) electrons. The number of aromatic nitrogens is 3. The molecule has 0 aliphatic carbocycles. The summed E-state index contributed by atoms with van der Waals surface area (Å²) in [4.78, 5) is 20.0. The molecular weight excluding hydrogens is 366 g/mol. The van der Waals surface area contributed by atoms with Crippen LogP contribution in [0.2, 0.25) is 0 Å². The molecule has 0 fully saturated rings. The summed E-state index contributed by atoms with van der Waals surface area (Å²) in [7, 11) is 0. The Bertz CT molecular complexity index is 1270. The maximum atomic E-state index is 11.4. The van der Waals surface area contributed by atoms with E-state index >= 15 is 0 Å². The fourth-order valence-electron chi connectivity index (χ4n) is 3.66. The topological polar surface area (TPSA) is 80.1 Å². The fraction of sp³-hybridized carbons (Fsp3) is 0.0870. The Hall–Kier alpha value is -3.93. The van der Waals surface area contributed by atoms with Gasteiger partial charge in [0.1, 0.15) is 12.4 Å². The first-order chi connectivity index (χ1) is 14.2. The summed E-state index contributed by atoms with van der Waals surface area (Å²) in [6, 6.07) is 16.7. The van der Waals surface area contributed by atoms with Crippen LogP contribution < -0.4 is 9.84 Å². The van der Waals surface area contributed by atoms with Gasteiger partial charge >= 0.3 is 0 Å². The van der Waals surface area contributed by atoms with Gasteiger partial charge < -0.3 is 19.2 Å². The highest BCUT2D eigenvalue weighted by atomic mass is 16.5. The lowest BCUT2D eigenvalue weighted by molar-refractivity contribution is -0.255. The van der Waals surface area contributed by atoms with Crippen molar-refractivity contribution in [3.8, 4) is 5.75 Å². The predicted octanol–water partition coefficient (Wildman–Crippen LogP) is 2.82. The first kappa shape index (κ1) is 17.2. The first-order valence-corrected chi connectivity index (χ1v) is 9.23. The molecular formula is C23H16N3O3-. The number of benzene rings is 2. The zero-order valence-corrected chi connectivity index (χ0v) is 15.4. The van der Waals surface area contributed by atoms with Gasteiger partial charge in [-0.1, -0.05) is 30.3 Å². The second-order valence-electron chi connectivity index (χ2n) is 6.81. The number of hydrogen-bond donors (Lipinski definition) is 0. The third kappa shape index (κ3) is 3.04. The number of nitrogens with zero attached hydrogens (tertiary/aromatic N) is 3. The molecule has 0 N–H and O–H groups in total. The normalized spacial score (nSPS) is 14.1. The summed E-state index contributed by atoms with van der Waals surface area (Å²) < 4.78 is 7.97. The molecule has 0 bridgehead atoms. The molecule has 3 heterocycles. The number of carbonyl (C=O) groups is 1. The molecule has 6 heteroatoms. The minimum Gasteiger partial charge on any atom is -0.545 e. The number of hydrogen-bond acceptors (Lipinski definition) is 5. The SMILES string of the molecule is O=C([O-])c1ccc2c(c1)/C(=C/Cn1cnc3ncccc31)c1ccccc1CO2. The summed E-state index contributed by atoms with van der Waals surface area (Å²) in [6.45, 7) is 0.976. The van der Waals surface area contributed by atoms with Crippen LogP contribution in [0, 0.1) is 0 Å². The lowest BCUT2D eigenvalue weighted by atomic mass is 9.93. The van der Waals surface area contributed by atoms with Gasteiger partial charge in [0.25, 0.3) is 0 Å². The standard InChI is InChI=1S/C23H17N3O3/c27-23(28)15-7-8-21-19(12-15)18(17-5-2-1-4-16(17)13-29-21)9-11-26-14-25-22-20(26)6-3-10-24-22/h1-10,12,14H,11,13H2,(H,27,28)/p-1/b18-9+. The van der Waals surface area contributed by atoms with E-state index in [0.717, 1.165) is 27.8 Å². The average Bonchev–Trinajstić information content (AvgIpc) is 3.09.